The van der Waals surface area contributed by atoms with Crippen molar-refractivity contribution in [1.82, 2.24) is 9.97 Å². The van der Waals surface area contributed by atoms with E-state index in [0.717, 1.165) is 44.2 Å². The van der Waals surface area contributed by atoms with Gasteiger partial charge < -0.3 is 10.1 Å². The molecule has 0 unspecified atom stereocenters. The molecule has 0 radical (unpaired) electrons. The van der Waals surface area contributed by atoms with Gasteiger partial charge in [0.05, 0.1) is 11.2 Å². The van der Waals surface area contributed by atoms with Crippen LogP contribution in [0.25, 0.3) is 44.2 Å². The molecule has 0 amide bonds. The molecular weight excluding hydrogens is 320 g/mol. The van der Waals surface area contributed by atoms with E-state index < -0.39 is 0 Å². The number of hydrogen-bond acceptors (Lipinski definition) is 2. The zero-order valence-corrected chi connectivity index (χ0v) is 14.0. The van der Waals surface area contributed by atoms with Crippen molar-refractivity contribution in [2.75, 3.05) is 0 Å². The SMILES string of the molecule is Oc1ccccc1-c1ccc2ccc3ccc(-c4ccc[nH]4)cc3c2n1. The van der Waals surface area contributed by atoms with E-state index in [4.69, 9.17) is 4.98 Å². The number of pyridine rings is 1. The Kier molecular flexibility index (Phi) is 3.25. The Morgan fingerprint density at radius 1 is 0.769 bits per heavy atom. The summed E-state index contributed by atoms with van der Waals surface area (Å²) >= 11 is 0. The van der Waals surface area contributed by atoms with E-state index in [1.165, 1.54) is 0 Å². The summed E-state index contributed by atoms with van der Waals surface area (Å²) in [5.41, 5.74) is 4.67. The van der Waals surface area contributed by atoms with Gasteiger partial charge in [0, 0.05) is 28.2 Å². The molecule has 0 atom stereocenters. The van der Waals surface area contributed by atoms with Crippen LogP contribution in [0.4, 0.5) is 0 Å². The van der Waals surface area contributed by atoms with Crippen molar-refractivity contribution >= 4 is 21.7 Å². The van der Waals surface area contributed by atoms with Gasteiger partial charge in [-0.25, -0.2) is 4.98 Å². The second kappa shape index (κ2) is 5.74. The summed E-state index contributed by atoms with van der Waals surface area (Å²) < 4.78 is 0. The first-order chi connectivity index (χ1) is 12.8. The molecule has 0 saturated heterocycles. The molecule has 0 spiro atoms. The molecule has 2 N–H and O–H groups in total. The quantitative estimate of drug-likeness (QED) is 0.403. The van der Waals surface area contributed by atoms with Gasteiger partial charge in [0.1, 0.15) is 5.75 Å². The first-order valence-electron chi connectivity index (χ1n) is 8.55. The lowest BCUT2D eigenvalue weighted by Crippen LogP contribution is -1.88. The molecule has 26 heavy (non-hydrogen) atoms. The highest BCUT2D eigenvalue weighted by atomic mass is 16.3. The van der Waals surface area contributed by atoms with E-state index in [0.29, 0.717) is 0 Å². The Labute approximate surface area is 150 Å². The number of nitrogens with one attached hydrogen (secondary N) is 1. The minimum Gasteiger partial charge on any atom is -0.507 e. The minimum absolute atomic E-state index is 0.242. The molecule has 2 heterocycles. The fourth-order valence-corrected chi connectivity index (χ4v) is 3.42. The van der Waals surface area contributed by atoms with Crippen molar-refractivity contribution in [3.8, 4) is 28.3 Å². The molecule has 3 aromatic carbocycles. The van der Waals surface area contributed by atoms with Gasteiger partial charge in [-0.05, 0) is 47.3 Å². The van der Waals surface area contributed by atoms with Gasteiger partial charge >= 0.3 is 0 Å². The number of phenols is 1. The van der Waals surface area contributed by atoms with Gasteiger partial charge in [-0.1, -0.05) is 42.5 Å². The lowest BCUT2D eigenvalue weighted by molar-refractivity contribution is 0.477. The average Bonchev–Trinajstić information content (AvgIpc) is 3.22. The molecule has 0 fully saturated rings. The van der Waals surface area contributed by atoms with E-state index in [9.17, 15) is 5.11 Å². The summed E-state index contributed by atoms with van der Waals surface area (Å²) in [6.45, 7) is 0. The first kappa shape index (κ1) is 14.7. The lowest BCUT2D eigenvalue weighted by Gasteiger charge is -2.09. The van der Waals surface area contributed by atoms with Gasteiger partial charge in [-0.3, -0.25) is 0 Å². The maximum atomic E-state index is 10.2. The zero-order chi connectivity index (χ0) is 17.5. The number of aromatic hydroxyl groups is 1. The van der Waals surface area contributed by atoms with Crippen LogP contribution in [-0.2, 0) is 0 Å². The van der Waals surface area contributed by atoms with Crippen LogP contribution in [0.5, 0.6) is 5.75 Å². The van der Waals surface area contributed by atoms with Crippen LogP contribution < -0.4 is 0 Å². The standard InChI is InChI=1S/C23H16N2O/c26-22-6-2-1-4-18(22)21-12-11-16-9-7-15-8-10-17(20-5-3-13-24-20)14-19(15)23(16)25-21/h1-14,24,26H. The summed E-state index contributed by atoms with van der Waals surface area (Å²) in [4.78, 5) is 8.14. The molecule has 5 rings (SSSR count). The van der Waals surface area contributed by atoms with E-state index in [-0.39, 0.29) is 5.75 Å². The molecule has 0 saturated carbocycles. The maximum absolute atomic E-state index is 10.2. The number of para-hydroxylation sites is 1. The molecule has 3 nitrogen and oxygen atoms in total. The third-order valence-corrected chi connectivity index (χ3v) is 4.77. The fraction of sp³-hybridized carbons (Fsp3) is 0. The van der Waals surface area contributed by atoms with Crippen molar-refractivity contribution < 1.29 is 5.11 Å². The molecule has 2 aromatic heterocycles. The van der Waals surface area contributed by atoms with Gasteiger partial charge in [-0.2, -0.15) is 0 Å². The molecule has 0 aliphatic carbocycles. The van der Waals surface area contributed by atoms with Crippen LogP contribution in [0.2, 0.25) is 0 Å². The molecule has 0 bridgehead atoms. The van der Waals surface area contributed by atoms with Crippen molar-refractivity contribution in [2.45, 2.75) is 0 Å². The van der Waals surface area contributed by atoms with Gasteiger partial charge in [0.15, 0.2) is 0 Å². The monoisotopic (exact) mass is 336 g/mol. The van der Waals surface area contributed by atoms with Crippen molar-refractivity contribution in [1.29, 1.82) is 0 Å². The first-order valence-corrected chi connectivity index (χ1v) is 8.55. The number of H-pyrrole nitrogens is 1. The molecule has 3 heteroatoms. The summed E-state index contributed by atoms with van der Waals surface area (Å²) in [7, 11) is 0. The van der Waals surface area contributed by atoms with Crippen LogP contribution in [0.1, 0.15) is 0 Å². The lowest BCUT2D eigenvalue weighted by atomic mass is 10.0. The molecular formula is C23H16N2O. The topological polar surface area (TPSA) is 48.9 Å². The summed E-state index contributed by atoms with van der Waals surface area (Å²) in [6, 6.07) is 26.0. The Morgan fingerprint density at radius 3 is 2.42 bits per heavy atom. The summed E-state index contributed by atoms with van der Waals surface area (Å²) in [5.74, 6) is 0.242. The summed E-state index contributed by atoms with van der Waals surface area (Å²) in [6.07, 6.45) is 1.93. The van der Waals surface area contributed by atoms with Crippen LogP contribution in [-0.4, -0.2) is 15.1 Å². The van der Waals surface area contributed by atoms with Crippen LogP contribution in [0, 0.1) is 0 Å². The van der Waals surface area contributed by atoms with Gasteiger partial charge in [0.2, 0.25) is 0 Å². The number of aromatic nitrogens is 2. The predicted octanol–water partition coefficient (Wildman–Crippen LogP) is 5.76. The minimum atomic E-state index is 0.242. The Hall–Kier alpha value is -3.59. The normalized spacial score (nSPS) is 11.2. The second-order valence-electron chi connectivity index (χ2n) is 6.37. The highest BCUT2D eigenvalue weighted by Crippen LogP contribution is 2.32. The molecule has 5 aromatic rings. The highest BCUT2D eigenvalue weighted by molar-refractivity contribution is 6.07. The predicted molar refractivity (Wildman–Crippen MR) is 106 cm³/mol. The van der Waals surface area contributed by atoms with Gasteiger partial charge in [-0.15, -0.1) is 0 Å². The number of phenolic OH excluding ortho intramolecular Hbond substituents is 1. The number of hydrogen-bond donors (Lipinski definition) is 2. The maximum Gasteiger partial charge on any atom is 0.124 e. The zero-order valence-electron chi connectivity index (χ0n) is 14.0. The Balaban J connectivity index is 1.79. The van der Waals surface area contributed by atoms with Crippen molar-refractivity contribution in [3.05, 3.63) is 85.1 Å². The average molecular weight is 336 g/mol. The number of nitrogens with zero attached hydrogens (tertiary/aromatic N) is 1. The molecule has 0 aliphatic rings. The molecule has 124 valence electrons. The Morgan fingerprint density at radius 2 is 1.58 bits per heavy atom. The number of rotatable bonds is 2. The number of fused-ring (bicyclic) bond motifs is 3. The smallest absolute Gasteiger partial charge is 0.124 e. The second-order valence-corrected chi connectivity index (χ2v) is 6.37. The van der Waals surface area contributed by atoms with Crippen LogP contribution in [0.3, 0.4) is 0 Å². The number of aromatic amines is 1. The molecule has 0 aliphatic heterocycles. The van der Waals surface area contributed by atoms with Crippen molar-refractivity contribution in [2.24, 2.45) is 0 Å². The Bertz CT molecular complexity index is 1240. The number of benzene rings is 3. The third-order valence-electron chi connectivity index (χ3n) is 4.77. The van der Waals surface area contributed by atoms with Crippen LogP contribution >= 0.6 is 0 Å². The van der Waals surface area contributed by atoms with E-state index in [1.807, 2.05) is 36.5 Å². The van der Waals surface area contributed by atoms with E-state index in [1.54, 1.807) is 6.07 Å². The largest absolute Gasteiger partial charge is 0.507 e. The van der Waals surface area contributed by atoms with E-state index in [2.05, 4.69) is 47.4 Å². The van der Waals surface area contributed by atoms with E-state index >= 15 is 0 Å². The van der Waals surface area contributed by atoms with Crippen LogP contribution in [0.15, 0.2) is 85.1 Å². The fourth-order valence-electron chi connectivity index (χ4n) is 3.42. The van der Waals surface area contributed by atoms with Crippen molar-refractivity contribution in [3.63, 3.8) is 0 Å². The summed E-state index contributed by atoms with van der Waals surface area (Å²) in [5, 5.41) is 13.5. The highest BCUT2D eigenvalue weighted by Gasteiger charge is 2.09. The third kappa shape index (κ3) is 2.33. The van der Waals surface area contributed by atoms with Gasteiger partial charge in [0.25, 0.3) is 0 Å².